The largest absolute Gasteiger partial charge is 0.747 e. The molecule has 6 nitrogen and oxygen atoms in total. The highest BCUT2D eigenvalue weighted by Crippen LogP contribution is 2.05. The predicted molar refractivity (Wildman–Crippen MR) is 57.4 cm³/mol. The van der Waals surface area contributed by atoms with E-state index in [1.54, 1.807) is 6.08 Å². The van der Waals surface area contributed by atoms with Crippen molar-refractivity contribution in [2.24, 2.45) is 0 Å². The molecule has 94 valence electrons. The van der Waals surface area contributed by atoms with Crippen molar-refractivity contribution in [1.82, 2.24) is 0 Å². The Kier molecular flexibility index (Phi) is 8.83. The zero-order chi connectivity index (χ0) is 13.4. The van der Waals surface area contributed by atoms with Gasteiger partial charge in [-0.15, -0.1) is 0 Å². The van der Waals surface area contributed by atoms with Gasteiger partial charge in [0.05, 0.1) is 6.54 Å². The third kappa shape index (κ3) is 9.50. The van der Waals surface area contributed by atoms with Crippen molar-refractivity contribution >= 4 is 21.7 Å². The molecular weight excluding hydrogens is 234 g/mol. The second-order valence-corrected chi connectivity index (χ2v) is 4.63. The number of quaternary nitrogens is 1. The molecule has 16 heavy (non-hydrogen) atoms. The topological polar surface area (TPSA) is 119 Å². The van der Waals surface area contributed by atoms with Crippen LogP contribution in [-0.4, -0.2) is 36.3 Å². The van der Waals surface area contributed by atoms with Crippen LogP contribution in [0.2, 0.25) is 0 Å². The van der Waals surface area contributed by atoms with Crippen LogP contribution in [-0.2, 0) is 19.7 Å². The minimum Gasteiger partial charge on any atom is -0.747 e. The molecule has 0 rings (SSSR count). The van der Waals surface area contributed by atoms with Crippen molar-refractivity contribution in [2.45, 2.75) is 25.5 Å². The van der Waals surface area contributed by atoms with Crippen LogP contribution in [0, 0.1) is 0 Å². The fourth-order valence-corrected chi connectivity index (χ4v) is 1.56. The number of carbonyl (C=O) groups excluding carboxylic acids is 2. The van der Waals surface area contributed by atoms with Crippen LogP contribution in [0.4, 0.5) is 0 Å². The minimum atomic E-state index is -4.68. The van der Waals surface area contributed by atoms with E-state index in [1.807, 2.05) is 0 Å². The first-order chi connectivity index (χ1) is 7.16. The van der Waals surface area contributed by atoms with E-state index in [0.29, 0.717) is 0 Å². The molecule has 0 fully saturated rings. The van der Waals surface area contributed by atoms with Crippen LogP contribution in [0.15, 0.2) is 12.7 Å². The Morgan fingerprint density at radius 1 is 1.44 bits per heavy atom. The third-order valence-corrected chi connectivity index (χ3v) is 2.67. The van der Waals surface area contributed by atoms with Gasteiger partial charge in [-0.25, -0.2) is 8.42 Å². The average Bonchev–Trinajstić information content (AvgIpc) is 2.12. The van der Waals surface area contributed by atoms with Crippen molar-refractivity contribution in [3.8, 4) is 0 Å². The molecule has 1 atom stereocenters. The molecule has 0 aliphatic carbocycles. The normalized spacial score (nSPS) is 12.0. The minimum absolute atomic E-state index is 0.491. The lowest BCUT2D eigenvalue weighted by Gasteiger charge is -2.15. The quantitative estimate of drug-likeness (QED) is 0.490. The highest BCUT2D eigenvalue weighted by Gasteiger charge is 2.22. The van der Waals surface area contributed by atoms with Crippen LogP contribution < -0.4 is 5.73 Å². The maximum absolute atomic E-state index is 10.6. The summed E-state index contributed by atoms with van der Waals surface area (Å²) >= 11 is 0. The smallest absolute Gasteiger partial charge is 0.147 e. The summed E-state index contributed by atoms with van der Waals surface area (Å²) in [6, 6.07) is 0. The molecule has 0 aliphatic rings. The van der Waals surface area contributed by atoms with Gasteiger partial charge in [-0.3, -0.25) is 9.59 Å². The number of Topliss-reactive ketones (excluding diaryl/α,β-unsaturated/α-hetero) is 2. The van der Waals surface area contributed by atoms with Gasteiger partial charge in [0.25, 0.3) is 0 Å². The first-order valence-corrected chi connectivity index (χ1v) is 5.98. The molecule has 0 aliphatic heterocycles. The standard InChI is InChI=1S/C6H10O5S.C3H7N/c1-4(7)3-6(5(2)8)12(9,10)11;1-2-3-4/h6H,3H2,1-2H3,(H,9,10,11);2H,1,3-4H2. The molecule has 0 saturated carbocycles. The van der Waals surface area contributed by atoms with E-state index in [0.717, 1.165) is 20.4 Å². The first kappa shape index (κ1) is 17.3. The number of rotatable bonds is 5. The van der Waals surface area contributed by atoms with Crippen LogP contribution in [0.5, 0.6) is 0 Å². The lowest BCUT2D eigenvalue weighted by molar-refractivity contribution is -0.352. The molecule has 0 aromatic rings. The maximum Gasteiger partial charge on any atom is 0.147 e. The Morgan fingerprint density at radius 3 is 1.88 bits per heavy atom. The molecule has 0 amide bonds. The van der Waals surface area contributed by atoms with E-state index in [-0.39, 0.29) is 0 Å². The molecular formula is C9H17NO5S. The summed E-state index contributed by atoms with van der Waals surface area (Å²) in [5.41, 5.74) is 3.49. The zero-order valence-corrected chi connectivity index (χ0v) is 10.2. The molecule has 0 spiro atoms. The lowest BCUT2D eigenvalue weighted by atomic mass is 10.2. The summed E-state index contributed by atoms with van der Waals surface area (Å²) in [6.45, 7) is 6.35. The Labute approximate surface area is 95.3 Å². The molecule has 0 bridgehead atoms. The Hall–Kier alpha value is -1.05. The first-order valence-electron chi connectivity index (χ1n) is 4.51. The van der Waals surface area contributed by atoms with Crippen LogP contribution in [0.1, 0.15) is 20.3 Å². The lowest BCUT2D eigenvalue weighted by Crippen LogP contribution is -2.48. The SMILES string of the molecule is C=CC[NH3+].CC(=O)CC(C(C)=O)S(=O)(=O)[O-]. The van der Waals surface area contributed by atoms with Gasteiger partial charge in [0.15, 0.2) is 0 Å². The summed E-state index contributed by atoms with van der Waals surface area (Å²) in [6.07, 6.45) is 1.24. The molecule has 0 aromatic carbocycles. The molecule has 0 heterocycles. The Morgan fingerprint density at radius 2 is 1.81 bits per heavy atom. The second-order valence-electron chi connectivity index (χ2n) is 3.08. The van der Waals surface area contributed by atoms with Crippen molar-refractivity contribution in [3.63, 3.8) is 0 Å². The number of hydrogen-bond donors (Lipinski definition) is 1. The van der Waals surface area contributed by atoms with Gasteiger partial charge < -0.3 is 10.3 Å². The van der Waals surface area contributed by atoms with Gasteiger partial charge in [-0.2, -0.15) is 0 Å². The van der Waals surface area contributed by atoms with Crippen molar-refractivity contribution in [3.05, 3.63) is 12.7 Å². The fourth-order valence-electron chi connectivity index (χ4n) is 0.710. The van der Waals surface area contributed by atoms with Crippen molar-refractivity contribution in [1.29, 1.82) is 0 Å². The number of ketones is 2. The highest BCUT2D eigenvalue weighted by atomic mass is 32.2. The molecule has 0 aromatic heterocycles. The van der Waals surface area contributed by atoms with Gasteiger partial charge >= 0.3 is 0 Å². The second kappa shape index (κ2) is 8.14. The summed E-state index contributed by atoms with van der Waals surface area (Å²) in [5, 5.41) is -1.71. The molecule has 0 saturated heterocycles. The Balaban J connectivity index is 0. The molecule has 7 heteroatoms. The van der Waals surface area contributed by atoms with E-state index in [9.17, 15) is 22.6 Å². The van der Waals surface area contributed by atoms with Crippen LogP contribution in [0.3, 0.4) is 0 Å². The van der Waals surface area contributed by atoms with Gasteiger partial charge in [0, 0.05) is 6.42 Å². The van der Waals surface area contributed by atoms with Gasteiger partial charge in [-0.1, -0.05) is 6.58 Å². The molecule has 3 N–H and O–H groups in total. The summed E-state index contributed by atoms with van der Waals surface area (Å²) in [5.74, 6) is -1.28. The average molecular weight is 251 g/mol. The maximum atomic E-state index is 10.6. The van der Waals surface area contributed by atoms with E-state index in [4.69, 9.17) is 0 Å². The van der Waals surface area contributed by atoms with Gasteiger partial charge in [0.2, 0.25) is 0 Å². The van der Waals surface area contributed by atoms with Gasteiger partial charge in [-0.05, 0) is 19.9 Å². The van der Waals surface area contributed by atoms with Gasteiger partial charge in [0.1, 0.15) is 26.9 Å². The van der Waals surface area contributed by atoms with E-state index >= 15 is 0 Å². The van der Waals surface area contributed by atoms with Crippen molar-refractivity contribution < 1.29 is 28.3 Å². The monoisotopic (exact) mass is 251 g/mol. The third-order valence-electron chi connectivity index (χ3n) is 1.48. The predicted octanol–water partition coefficient (Wildman–Crippen LogP) is -1.12. The molecule has 0 radical (unpaired) electrons. The van der Waals surface area contributed by atoms with E-state index < -0.39 is 33.4 Å². The summed E-state index contributed by atoms with van der Waals surface area (Å²) in [7, 11) is -4.68. The van der Waals surface area contributed by atoms with Crippen molar-refractivity contribution in [2.75, 3.05) is 6.54 Å². The summed E-state index contributed by atoms with van der Waals surface area (Å²) in [4.78, 5) is 21.0. The van der Waals surface area contributed by atoms with E-state index in [1.165, 1.54) is 0 Å². The Bertz CT molecular complexity index is 347. The van der Waals surface area contributed by atoms with E-state index in [2.05, 4.69) is 12.3 Å². The zero-order valence-electron chi connectivity index (χ0n) is 9.43. The highest BCUT2D eigenvalue weighted by molar-refractivity contribution is 7.87. The summed E-state index contributed by atoms with van der Waals surface area (Å²) < 4.78 is 31.1. The van der Waals surface area contributed by atoms with Crippen LogP contribution >= 0.6 is 0 Å². The fraction of sp³-hybridized carbons (Fsp3) is 0.556. The van der Waals surface area contributed by atoms with Crippen LogP contribution in [0.25, 0.3) is 0 Å². The molecule has 1 unspecified atom stereocenters. The number of carbonyl (C=O) groups is 2. The number of hydrogen-bond acceptors (Lipinski definition) is 5.